The lowest BCUT2D eigenvalue weighted by atomic mass is 9.90. The molecule has 1 heterocycles. The van der Waals surface area contributed by atoms with E-state index in [0.29, 0.717) is 11.1 Å². The summed E-state index contributed by atoms with van der Waals surface area (Å²) >= 11 is 0. The Kier molecular flexibility index (Phi) is 2.58. The third kappa shape index (κ3) is 1.84. The second kappa shape index (κ2) is 4.35. The van der Waals surface area contributed by atoms with Crippen LogP contribution in [0.1, 0.15) is 17.2 Å². The summed E-state index contributed by atoms with van der Waals surface area (Å²) in [6.45, 7) is 0. The minimum Gasteiger partial charge on any atom is -0.386 e. The molecule has 3 nitrogen and oxygen atoms in total. The van der Waals surface area contributed by atoms with Crippen LogP contribution in [0.25, 0.3) is 27.9 Å². The minimum absolute atomic E-state index is 0.292. The normalized spacial score (nSPS) is 20.9. The van der Waals surface area contributed by atoms with Gasteiger partial charge in [-0.3, -0.25) is 0 Å². The van der Waals surface area contributed by atoms with E-state index in [1.807, 2.05) is 12.1 Å². The number of fused-ring (bicyclic) bond motifs is 4. The maximum atomic E-state index is 13.3. The molecule has 2 aromatic carbocycles. The van der Waals surface area contributed by atoms with Gasteiger partial charge in [-0.15, -0.1) is 0 Å². The molecule has 4 rings (SSSR count). The zero-order chi connectivity index (χ0) is 14.6. The first-order chi connectivity index (χ1) is 10.1. The Labute approximate surface area is 120 Å². The Hall–Kier alpha value is -2.30. The van der Waals surface area contributed by atoms with Crippen LogP contribution in [0.3, 0.4) is 0 Å². The van der Waals surface area contributed by atoms with E-state index in [-0.39, 0.29) is 5.82 Å². The zero-order valence-electron chi connectivity index (χ0n) is 11.0. The molecule has 0 fully saturated rings. The molecule has 1 aromatic heterocycles. The molecule has 104 valence electrons. The first kappa shape index (κ1) is 12.4. The van der Waals surface area contributed by atoms with Crippen LogP contribution < -0.4 is 0 Å². The first-order valence-electron chi connectivity index (χ1n) is 6.71. The number of hydrogen-bond donors (Lipinski definition) is 2. The van der Waals surface area contributed by atoms with Crippen molar-refractivity contribution in [2.24, 2.45) is 0 Å². The highest BCUT2D eigenvalue weighted by atomic mass is 19.1. The SMILES string of the molecule is O[C@@H]1C=Cc2c(ccc3cc4cc(F)ccc4nc23)[C@H]1O. The number of rotatable bonds is 0. The molecule has 2 N–H and O–H groups in total. The van der Waals surface area contributed by atoms with Gasteiger partial charge in [-0.25, -0.2) is 9.37 Å². The molecule has 2 atom stereocenters. The van der Waals surface area contributed by atoms with Crippen LogP contribution in [0.5, 0.6) is 0 Å². The molecule has 4 heteroatoms. The summed E-state index contributed by atoms with van der Waals surface area (Å²) in [5.74, 6) is -0.292. The largest absolute Gasteiger partial charge is 0.386 e. The lowest BCUT2D eigenvalue weighted by Crippen LogP contribution is -2.19. The van der Waals surface area contributed by atoms with Crippen molar-refractivity contribution in [2.45, 2.75) is 12.2 Å². The van der Waals surface area contributed by atoms with Gasteiger partial charge in [0, 0.05) is 16.3 Å². The number of aliphatic hydroxyl groups is 2. The van der Waals surface area contributed by atoms with Crippen molar-refractivity contribution >= 4 is 27.9 Å². The van der Waals surface area contributed by atoms with Crippen molar-refractivity contribution in [1.82, 2.24) is 4.98 Å². The standard InChI is InChI=1S/C17H12FNO2/c18-11-2-5-14-10(8-11)7-9-1-3-13-12(16(9)19-14)4-6-15(20)17(13)21/h1-8,15,17,20-21H/t15-,17-/m1/s1. The van der Waals surface area contributed by atoms with Crippen LogP contribution in [-0.2, 0) is 0 Å². The lowest BCUT2D eigenvalue weighted by molar-refractivity contribution is 0.0471. The van der Waals surface area contributed by atoms with Crippen LogP contribution in [0.2, 0.25) is 0 Å². The van der Waals surface area contributed by atoms with Crippen molar-refractivity contribution in [3.63, 3.8) is 0 Å². The quantitative estimate of drug-likeness (QED) is 0.623. The van der Waals surface area contributed by atoms with Crippen molar-refractivity contribution < 1.29 is 14.6 Å². The van der Waals surface area contributed by atoms with Crippen LogP contribution in [0, 0.1) is 5.82 Å². The number of aliphatic hydroxyl groups excluding tert-OH is 2. The number of hydrogen-bond acceptors (Lipinski definition) is 3. The predicted molar refractivity (Wildman–Crippen MR) is 79.2 cm³/mol. The Morgan fingerprint density at radius 2 is 1.86 bits per heavy atom. The van der Waals surface area contributed by atoms with Gasteiger partial charge in [-0.05, 0) is 29.8 Å². The molecule has 21 heavy (non-hydrogen) atoms. The number of aromatic nitrogens is 1. The fourth-order valence-electron chi connectivity index (χ4n) is 2.83. The highest BCUT2D eigenvalue weighted by Crippen LogP contribution is 2.33. The predicted octanol–water partition coefficient (Wildman–Crippen LogP) is 2.95. The van der Waals surface area contributed by atoms with Crippen LogP contribution in [0.4, 0.5) is 4.39 Å². The van der Waals surface area contributed by atoms with Gasteiger partial charge in [-0.1, -0.05) is 24.3 Å². The second-order valence-electron chi connectivity index (χ2n) is 5.26. The van der Waals surface area contributed by atoms with Crippen molar-refractivity contribution in [1.29, 1.82) is 0 Å². The fraction of sp³-hybridized carbons (Fsp3) is 0.118. The Morgan fingerprint density at radius 3 is 2.71 bits per heavy atom. The first-order valence-corrected chi connectivity index (χ1v) is 6.71. The molecule has 0 saturated heterocycles. The van der Waals surface area contributed by atoms with E-state index in [1.54, 1.807) is 24.3 Å². The summed E-state index contributed by atoms with van der Waals surface area (Å²) in [5.41, 5.74) is 2.91. The molecule has 0 saturated carbocycles. The molecule has 0 amide bonds. The Bertz CT molecular complexity index is 904. The number of nitrogens with zero attached hydrogens (tertiary/aromatic N) is 1. The minimum atomic E-state index is -0.944. The molecule has 0 unspecified atom stereocenters. The summed E-state index contributed by atoms with van der Waals surface area (Å²) in [4.78, 5) is 4.58. The van der Waals surface area contributed by atoms with Crippen molar-refractivity contribution in [3.05, 3.63) is 59.4 Å². The smallest absolute Gasteiger partial charge is 0.123 e. The average Bonchev–Trinajstić information content (AvgIpc) is 2.48. The molecule has 0 radical (unpaired) electrons. The van der Waals surface area contributed by atoms with Gasteiger partial charge < -0.3 is 10.2 Å². The van der Waals surface area contributed by atoms with Crippen LogP contribution >= 0.6 is 0 Å². The van der Waals surface area contributed by atoms with E-state index in [1.165, 1.54) is 12.1 Å². The van der Waals surface area contributed by atoms with Gasteiger partial charge >= 0.3 is 0 Å². The molecule has 3 aromatic rings. The van der Waals surface area contributed by atoms with Crippen molar-refractivity contribution in [2.75, 3.05) is 0 Å². The number of benzene rings is 2. The molecular weight excluding hydrogens is 269 g/mol. The van der Waals surface area contributed by atoms with E-state index < -0.39 is 12.2 Å². The summed E-state index contributed by atoms with van der Waals surface area (Å²) in [6.07, 6.45) is 1.49. The van der Waals surface area contributed by atoms with E-state index >= 15 is 0 Å². The van der Waals surface area contributed by atoms with E-state index in [0.717, 1.165) is 21.9 Å². The van der Waals surface area contributed by atoms with Gasteiger partial charge in [0.25, 0.3) is 0 Å². The van der Waals surface area contributed by atoms with Gasteiger partial charge in [0.15, 0.2) is 0 Å². The molecule has 1 aliphatic carbocycles. The summed E-state index contributed by atoms with van der Waals surface area (Å²) < 4.78 is 13.3. The summed E-state index contributed by atoms with van der Waals surface area (Å²) in [6, 6.07) is 9.97. The van der Waals surface area contributed by atoms with Gasteiger partial charge in [0.1, 0.15) is 18.0 Å². The maximum Gasteiger partial charge on any atom is 0.123 e. The molecule has 0 aliphatic heterocycles. The molecule has 0 bridgehead atoms. The lowest BCUT2D eigenvalue weighted by Gasteiger charge is -2.22. The van der Waals surface area contributed by atoms with Gasteiger partial charge in [0.2, 0.25) is 0 Å². The fourth-order valence-corrected chi connectivity index (χ4v) is 2.83. The molecule has 1 aliphatic rings. The molecular formula is C17H12FNO2. The van der Waals surface area contributed by atoms with E-state index in [9.17, 15) is 14.6 Å². The van der Waals surface area contributed by atoms with Gasteiger partial charge in [-0.2, -0.15) is 0 Å². The van der Waals surface area contributed by atoms with Crippen LogP contribution in [-0.4, -0.2) is 21.3 Å². The van der Waals surface area contributed by atoms with E-state index in [4.69, 9.17) is 0 Å². The maximum absolute atomic E-state index is 13.3. The monoisotopic (exact) mass is 281 g/mol. The third-order valence-electron chi connectivity index (χ3n) is 3.92. The highest BCUT2D eigenvalue weighted by Gasteiger charge is 2.24. The highest BCUT2D eigenvalue weighted by molar-refractivity contribution is 5.97. The average molecular weight is 281 g/mol. The summed E-state index contributed by atoms with van der Waals surface area (Å²) in [7, 11) is 0. The Balaban J connectivity index is 2.07. The molecule has 0 spiro atoms. The Morgan fingerprint density at radius 1 is 1.00 bits per heavy atom. The third-order valence-corrected chi connectivity index (χ3v) is 3.92. The topological polar surface area (TPSA) is 53.4 Å². The van der Waals surface area contributed by atoms with Crippen molar-refractivity contribution in [3.8, 4) is 0 Å². The van der Waals surface area contributed by atoms with E-state index in [2.05, 4.69) is 4.98 Å². The zero-order valence-corrected chi connectivity index (χ0v) is 11.0. The number of pyridine rings is 1. The number of halogens is 1. The van der Waals surface area contributed by atoms with Gasteiger partial charge in [0.05, 0.1) is 11.0 Å². The summed E-state index contributed by atoms with van der Waals surface area (Å²) in [5, 5.41) is 21.4. The second-order valence-corrected chi connectivity index (χ2v) is 5.26. The van der Waals surface area contributed by atoms with Crippen LogP contribution in [0.15, 0.2) is 42.5 Å².